The van der Waals surface area contributed by atoms with Crippen molar-refractivity contribution in [2.75, 3.05) is 6.61 Å². The molecule has 1 aliphatic carbocycles. The molecule has 3 nitrogen and oxygen atoms in total. The standard InChI is InChI=1S/C16H22BrNO2/c17-14-8-5-12(6-9-14)7-10-16(20)18-15-4-2-1-3-13(15)11-19/h5-6,8-9,13,15,19H,1-4,7,10-11H2,(H,18,20). The van der Waals surface area contributed by atoms with Gasteiger partial charge in [-0.2, -0.15) is 0 Å². The van der Waals surface area contributed by atoms with Crippen LogP contribution in [0.4, 0.5) is 0 Å². The van der Waals surface area contributed by atoms with Crippen molar-refractivity contribution in [3.05, 3.63) is 34.3 Å². The molecule has 0 bridgehead atoms. The van der Waals surface area contributed by atoms with E-state index < -0.39 is 0 Å². The summed E-state index contributed by atoms with van der Waals surface area (Å²) >= 11 is 3.40. The van der Waals surface area contributed by atoms with Crippen molar-refractivity contribution in [2.24, 2.45) is 5.92 Å². The molecule has 4 heteroatoms. The van der Waals surface area contributed by atoms with Crippen molar-refractivity contribution in [1.29, 1.82) is 0 Å². The predicted molar refractivity (Wildman–Crippen MR) is 83.4 cm³/mol. The fourth-order valence-electron chi connectivity index (χ4n) is 2.80. The lowest BCUT2D eigenvalue weighted by Crippen LogP contribution is -2.43. The van der Waals surface area contributed by atoms with Crippen LogP contribution in [0.3, 0.4) is 0 Å². The second-order valence-corrected chi connectivity index (χ2v) is 6.44. The molecule has 0 radical (unpaired) electrons. The molecular weight excluding hydrogens is 318 g/mol. The topological polar surface area (TPSA) is 49.3 Å². The first-order valence-corrected chi connectivity index (χ1v) is 8.13. The molecule has 1 saturated carbocycles. The summed E-state index contributed by atoms with van der Waals surface area (Å²) in [5, 5.41) is 12.4. The van der Waals surface area contributed by atoms with Crippen molar-refractivity contribution < 1.29 is 9.90 Å². The Bertz CT molecular complexity index is 433. The number of amides is 1. The van der Waals surface area contributed by atoms with Crippen LogP contribution in [0, 0.1) is 5.92 Å². The van der Waals surface area contributed by atoms with Gasteiger partial charge in [0.1, 0.15) is 0 Å². The molecule has 2 atom stereocenters. The highest BCUT2D eigenvalue weighted by molar-refractivity contribution is 9.10. The van der Waals surface area contributed by atoms with Gasteiger partial charge in [0.25, 0.3) is 0 Å². The van der Waals surface area contributed by atoms with Gasteiger partial charge in [0.15, 0.2) is 0 Å². The molecule has 0 aliphatic heterocycles. The van der Waals surface area contributed by atoms with E-state index in [2.05, 4.69) is 21.2 Å². The van der Waals surface area contributed by atoms with Crippen molar-refractivity contribution in [3.8, 4) is 0 Å². The first kappa shape index (κ1) is 15.5. The molecule has 2 rings (SSSR count). The Hall–Kier alpha value is -0.870. The summed E-state index contributed by atoms with van der Waals surface area (Å²) in [6, 6.07) is 8.22. The Balaban J connectivity index is 1.78. The number of carbonyl (C=O) groups is 1. The minimum absolute atomic E-state index is 0.0956. The maximum absolute atomic E-state index is 12.0. The van der Waals surface area contributed by atoms with E-state index in [1.54, 1.807) is 0 Å². The van der Waals surface area contributed by atoms with Crippen molar-refractivity contribution in [1.82, 2.24) is 5.32 Å². The SMILES string of the molecule is O=C(CCc1ccc(Br)cc1)NC1CCCCC1CO. The average Bonchev–Trinajstić information content (AvgIpc) is 2.47. The first-order valence-electron chi connectivity index (χ1n) is 7.33. The van der Waals surface area contributed by atoms with E-state index in [1.165, 1.54) is 5.56 Å². The number of benzene rings is 1. The van der Waals surface area contributed by atoms with Crippen LogP contribution >= 0.6 is 15.9 Å². The van der Waals surface area contributed by atoms with Crippen molar-refractivity contribution in [2.45, 2.75) is 44.6 Å². The number of halogens is 1. The summed E-state index contributed by atoms with van der Waals surface area (Å²) in [7, 11) is 0. The molecule has 1 fully saturated rings. The maximum atomic E-state index is 12.0. The van der Waals surface area contributed by atoms with E-state index in [4.69, 9.17) is 0 Å². The molecular formula is C16H22BrNO2. The molecule has 20 heavy (non-hydrogen) atoms. The number of carbonyl (C=O) groups excluding carboxylic acids is 1. The van der Waals surface area contributed by atoms with Crippen LogP contribution in [0.25, 0.3) is 0 Å². The zero-order valence-electron chi connectivity index (χ0n) is 11.6. The molecule has 2 unspecified atom stereocenters. The number of nitrogens with one attached hydrogen (secondary N) is 1. The second-order valence-electron chi connectivity index (χ2n) is 5.53. The van der Waals surface area contributed by atoms with Gasteiger partial charge < -0.3 is 10.4 Å². The summed E-state index contributed by atoms with van der Waals surface area (Å²) in [4.78, 5) is 12.0. The minimum Gasteiger partial charge on any atom is -0.396 e. The molecule has 2 N–H and O–H groups in total. The van der Waals surface area contributed by atoms with Gasteiger partial charge >= 0.3 is 0 Å². The lowest BCUT2D eigenvalue weighted by Gasteiger charge is -2.30. The zero-order valence-corrected chi connectivity index (χ0v) is 13.2. The monoisotopic (exact) mass is 339 g/mol. The average molecular weight is 340 g/mol. The highest BCUT2D eigenvalue weighted by Crippen LogP contribution is 2.24. The van der Waals surface area contributed by atoms with Crippen LogP contribution in [0.15, 0.2) is 28.7 Å². The van der Waals surface area contributed by atoms with Crippen molar-refractivity contribution >= 4 is 21.8 Å². The fourth-order valence-corrected chi connectivity index (χ4v) is 3.07. The first-order chi connectivity index (χ1) is 9.69. The molecule has 0 saturated heterocycles. The third-order valence-corrected chi connectivity index (χ3v) is 4.57. The van der Waals surface area contributed by atoms with E-state index in [-0.39, 0.29) is 24.5 Å². The summed E-state index contributed by atoms with van der Waals surface area (Å²) in [5.74, 6) is 0.332. The maximum Gasteiger partial charge on any atom is 0.220 e. The summed E-state index contributed by atoms with van der Waals surface area (Å²) in [6.45, 7) is 0.178. The Labute approximate surface area is 128 Å². The van der Waals surface area contributed by atoms with Gasteiger partial charge in [-0.1, -0.05) is 40.9 Å². The molecule has 1 aliphatic rings. The minimum atomic E-state index is 0.0956. The van der Waals surface area contributed by atoms with Crippen LogP contribution in [0.2, 0.25) is 0 Å². The van der Waals surface area contributed by atoms with Gasteiger partial charge in [-0.25, -0.2) is 0 Å². The molecule has 0 aromatic heterocycles. The van der Waals surface area contributed by atoms with Gasteiger partial charge in [0, 0.05) is 29.5 Å². The van der Waals surface area contributed by atoms with E-state index in [0.717, 1.165) is 36.6 Å². The highest BCUT2D eigenvalue weighted by atomic mass is 79.9. The normalized spacial score (nSPS) is 22.5. The van der Waals surface area contributed by atoms with E-state index in [0.29, 0.717) is 6.42 Å². The Morgan fingerprint density at radius 1 is 1.25 bits per heavy atom. The third-order valence-electron chi connectivity index (χ3n) is 4.04. The smallest absolute Gasteiger partial charge is 0.220 e. The highest BCUT2D eigenvalue weighted by Gasteiger charge is 2.25. The number of aliphatic hydroxyl groups excluding tert-OH is 1. The van der Waals surface area contributed by atoms with E-state index in [1.807, 2.05) is 24.3 Å². The number of aryl methyl sites for hydroxylation is 1. The quantitative estimate of drug-likeness (QED) is 0.866. The summed E-state index contributed by atoms with van der Waals surface area (Å²) in [6.07, 6.45) is 5.60. The molecule has 1 aromatic carbocycles. The van der Waals surface area contributed by atoms with Gasteiger partial charge in [-0.15, -0.1) is 0 Å². The largest absolute Gasteiger partial charge is 0.396 e. The van der Waals surface area contributed by atoms with E-state index in [9.17, 15) is 9.90 Å². The molecule has 0 heterocycles. The number of rotatable bonds is 5. The molecule has 1 aromatic rings. The summed E-state index contributed by atoms with van der Waals surface area (Å²) in [5.41, 5.74) is 1.17. The zero-order chi connectivity index (χ0) is 14.4. The van der Waals surface area contributed by atoms with Crippen LogP contribution in [-0.4, -0.2) is 23.7 Å². The number of hydrogen-bond donors (Lipinski definition) is 2. The molecule has 110 valence electrons. The fraction of sp³-hybridized carbons (Fsp3) is 0.562. The van der Waals surface area contributed by atoms with Gasteiger partial charge in [-0.05, 0) is 37.0 Å². The number of hydrogen-bond acceptors (Lipinski definition) is 2. The third kappa shape index (κ3) is 4.60. The van der Waals surface area contributed by atoms with Gasteiger partial charge in [0.05, 0.1) is 0 Å². The summed E-state index contributed by atoms with van der Waals surface area (Å²) < 4.78 is 1.05. The van der Waals surface area contributed by atoms with Crippen LogP contribution in [0.1, 0.15) is 37.7 Å². The van der Waals surface area contributed by atoms with Gasteiger partial charge in [-0.3, -0.25) is 4.79 Å². The number of aliphatic hydroxyl groups is 1. The molecule has 0 spiro atoms. The lowest BCUT2D eigenvalue weighted by molar-refractivity contribution is -0.122. The lowest BCUT2D eigenvalue weighted by atomic mass is 9.85. The van der Waals surface area contributed by atoms with E-state index >= 15 is 0 Å². The second kappa shape index (κ2) is 7.79. The predicted octanol–water partition coefficient (Wildman–Crippen LogP) is 3.05. The Kier molecular flexibility index (Phi) is 6.05. The van der Waals surface area contributed by atoms with Crippen LogP contribution in [0.5, 0.6) is 0 Å². The van der Waals surface area contributed by atoms with Crippen molar-refractivity contribution in [3.63, 3.8) is 0 Å². The Morgan fingerprint density at radius 3 is 2.65 bits per heavy atom. The Morgan fingerprint density at radius 2 is 1.95 bits per heavy atom. The van der Waals surface area contributed by atoms with Crippen LogP contribution in [-0.2, 0) is 11.2 Å². The molecule has 1 amide bonds. The van der Waals surface area contributed by atoms with Crippen LogP contribution < -0.4 is 5.32 Å². The van der Waals surface area contributed by atoms with Gasteiger partial charge in [0.2, 0.25) is 5.91 Å².